The third kappa shape index (κ3) is 3.51. The summed E-state index contributed by atoms with van der Waals surface area (Å²) in [6, 6.07) is 18.6. The minimum atomic E-state index is -0.629. The van der Waals surface area contributed by atoms with E-state index in [0.29, 0.717) is 17.9 Å². The molecule has 0 atom stereocenters. The average molecular weight is 356 g/mol. The van der Waals surface area contributed by atoms with Gasteiger partial charge < -0.3 is 15.5 Å². The number of nitriles is 2. The third-order valence-corrected chi connectivity index (χ3v) is 4.25. The molecule has 3 N–H and O–H groups in total. The molecule has 0 saturated heterocycles. The van der Waals surface area contributed by atoms with E-state index in [4.69, 9.17) is 10.5 Å². The Bertz CT molecular complexity index is 1150. The van der Waals surface area contributed by atoms with Gasteiger partial charge in [-0.25, -0.2) is 0 Å². The normalized spacial score (nSPS) is 10.0. The predicted molar refractivity (Wildman–Crippen MR) is 102 cm³/mol. The summed E-state index contributed by atoms with van der Waals surface area (Å²) in [5, 5.41) is 18.8. The lowest BCUT2D eigenvalue weighted by Crippen LogP contribution is -2.16. The summed E-state index contributed by atoms with van der Waals surface area (Å²) in [6.07, 6.45) is 0. The molecule has 0 aliphatic rings. The molecular weight excluding hydrogens is 340 g/mol. The summed E-state index contributed by atoms with van der Waals surface area (Å²) >= 11 is 0. The number of benzene rings is 2. The molecule has 1 aromatic heterocycles. The van der Waals surface area contributed by atoms with Crippen LogP contribution in [0.4, 0.5) is 5.82 Å². The maximum atomic E-state index is 12.1. The number of nitrogen functional groups attached to an aromatic ring is 1. The van der Waals surface area contributed by atoms with Crippen LogP contribution in [0.1, 0.15) is 22.3 Å². The third-order valence-electron chi connectivity index (χ3n) is 4.25. The first kappa shape index (κ1) is 17.8. The Labute approximate surface area is 156 Å². The van der Waals surface area contributed by atoms with Crippen molar-refractivity contribution >= 4 is 5.82 Å². The minimum absolute atomic E-state index is 0.0576. The number of hydrogen-bond acceptors (Lipinski definition) is 5. The number of pyridine rings is 1. The summed E-state index contributed by atoms with van der Waals surface area (Å²) in [5.41, 5.74) is 7.94. The molecule has 0 unspecified atom stereocenters. The van der Waals surface area contributed by atoms with Gasteiger partial charge in [-0.2, -0.15) is 10.5 Å². The summed E-state index contributed by atoms with van der Waals surface area (Å²) in [6.45, 7) is 2.39. The van der Waals surface area contributed by atoms with Crippen LogP contribution in [0.3, 0.4) is 0 Å². The Morgan fingerprint density at radius 2 is 1.81 bits per heavy atom. The molecule has 27 heavy (non-hydrogen) atoms. The summed E-state index contributed by atoms with van der Waals surface area (Å²) in [5.74, 6) is 0.491. The number of nitrogens with two attached hydrogens (primary N) is 1. The van der Waals surface area contributed by atoms with Gasteiger partial charge in [0.25, 0.3) is 5.56 Å². The molecule has 0 saturated carbocycles. The first-order chi connectivity index (χ1) is 13.0. The van der Waals surface area contributed by atoms with Crippen LogP contribution in [0.15, 0.2) is 53.3 Å². The van der Waals surface area contributed by atoms with Crippen molar-refractivity contribution in [2.24, 2.45) is 0 Å². The maximum Gasteiger partial charge on any atom is 0.268 e. The number of rotatable bonds is 4. The van der Waals surface area contributed by atoms with Crippen molar-refractivity contribution in [3.8, 4) is 29.0 Å². The number of aromatic amines is 1. The molecule has 2 aromatic carbocycles. The van der Waals surface area contributed by atoms with Crippen molar-refractivity contribution in [1.29, 1.82) is 10.5 Å². The molecule has 0 aliphatic carbocycles. The Kier molecular flexibility index (Phi) is 4.92. The van der Waals surface area contributed by atoms with E-state index in [0.717, 1.165) is 11.1 Å². The van der Waals surface area contributed by atoms with E-state index < -0.39 is 5.56 Å². The molecule has 132 valence electrons. The first-order valence-corrected chi connectivity index (χ1v) is 8.19. The van der Waals surface area contributed by atoms with Crippen LogP contribution in [-0.4, -0.2) is 4.98 Å². The Hall–Kier alpha value is -4.03. The van der Waals surface area contributed by atoms with Gasteiger partial charge in [-0.05, 0) is 35.7 Å². The molecule has 6 nitrogen and oxygen atoms in total. The van der Waals surface area contributed by atoms with Crippen molar-refractivity contribution in [3.05, 3.63) is 81.1 Å². The highest BCUT2D eigenvalue weighted by atomic mass is 16.5. The molecule has 6 heteroatoms. The lowest BCUT2D eigenvalue weighted by Gasteiger charge is -2.12. The Balaban J connectivity index is 2.02. The highest BCUT2D eigenvalue weighted by Crippen LogP contribution is 2.30. The maximum absolute atomic E-state index is 12.1. The summed E-state index contributed by atoms with van der Waals surface area (Å²) in [4.78, 5) is 14.4. The quantitative estimate of drug-likeness (QED) is 0.744. The Morgan fingerprint density at radius 3 is 2.52 bits per heavy atom. The molecule has 0 bridgehead atoms. The number of aryl methyl sites for hydroxylation is 1. The number of H-pyrrole nitrogens is 1. The van der Waals surface area contributed by atoms with Gasteiger partial charge in [-0.15, -0.1) is 0 Å². The molecule has 3 rings (SSSR count). The molecular formula is C21H16N4O2. The number of nitrogens with one attached hydrogen (secondary N) is 1. The second-order valence-corrected chi connectivity index (χ2v) is 5.96. The van der Waals surface area contributed by atoms with E-state index >= 15 is 0 Å². The molecule has 1 heterocycles. The number of hydrogen-bond donors (Lipinski definition) is 2. The second-order valence-electron chi connectivity index (χ2n) is 5.96. The van der Waals surface area contributed by atoms with Gasteiger partial charge in [0.2, 0.25) is 0 Å². The lowest BCUT2D eigenvalue weighted by atomic mass is 9.96. The highest BCUT2D eigenvalue weighted by molar-refractivity contribution is 5.80. The van der Waals surface area contributed by atoms with Crippen LogP contribution >= 0.6 is 0 Å². The standard InChI is InChI=1S/C21H16N4O2/c1-13-5-2-3-6-15(13)12-27-16-8-4-7-14(9-16)19-17(10-22)20(24)25-21(26)18(19)11-23/h2-9H,12H2,1H3,(H3,24,25,26). The van der Waals surface area contributed by atoms with E-state index in [2.05, 4.69) is 4.98 Å². The van der Waals surface area contributed by atoms with Crippen LogP contribution in [0.25, 0.3) is 11.1 Å². The van der Waals surface area contributed by atoms with Crippen molar-refractivity contribution in [2.75, 3.05) is 5.73 Å². The van der Waals surface area contributed by atoms with Gasteiger partial charge in [0, 0.05) is 5.56 Å². The fourth-order valence-electron chi connectivity index (χ4n) is 2.81. The van der Waals surface area contributed by atoms with Crippen LogP contribution in [0, 0.1) is 29.6 Å². The summed E-state index contributed by atoms with van der Waals surface area (Å²) < 4.78 is 5.86. The number of aromatic nitrogens is 1. The van der Waals surface area contributed by atoms with Gasteiger partial charge in [-0.1, -0.05) is 36.4 Å². The van der Waals surface area contributed by atoms with Crippen molar-refractivity contribution in [3.63, 3.8) is 0 Å². The zero-order valence-electron chi connectivity index (χ0n) is 14.6. The van der Waals surface area contributed by atoms with Crippen LogP contribution < -0.4 is 16.0 Å². The van der Waals surface area contributed by atoms with Crippen LogP contribution in [-0.2, 0) is 6.61 Å². The predicted octanol–water partition coefficient (Wildman–Crippen LogP) is 3.25. The molecule has 0 amide bonds. The monoisotopic (exact) mass is 356 g/mol. The van der Waals surface area contributed by atoms with Crippen molar-refractivity contribution in [1.82, 2.24) is 4.98 Å². The zero-order chi connectivity index (χ0) is 19.4. The topological polar surface area (TPSA) is 116 Å². The van der Waals surface area contributed by atoms with Crippen LogP contribution in [0.5, 0.6) is 5.75 Å². The van der Waals surface area contributed by atoms with E-state index in [-0.39, 0.29) is 22.5 Å². The molecule has 0 aliphatic heterocycles. The molecule has 0 radical (unpaired) electrons. The fraction of sp³-hybridized carbons (Fsp3) is 0.0952. The van der Waals surface area contributed by atoms with E-state index in [1.54, 1.807) is 24.3 Å². The van der Waals surface area contributed by atoms with Gasteiger partial charge in [0.05, 0.1) is 0 Å². The number of nitrogens with zero attached hydrogens (tertiary/aromatic N) is 2. The number of ether oxygens (including phenoxy) is 1. The van der Waals surface area contributed by atoms with E-state index in [1.807, 2.05) is 43.3 Å². The molecule has 0 fully saturated rings. The lowest BCUT2D eigenvalue weighted by molar-refractivity contribution is 0.305. The van der Waals surface area contributed by atoms with E-state index in [9.17, 15) is 15.3 Å². The second kappa shape index (κ2) is 7.47. The Morgan fingerprint density at radius 1 is 1.07 bits per heavy atom. The SMILES string of the molecule is Cc1ccccc1COc1cccc(-c2c(C#N)c(N)[nH]c(=O)c2C#N)c1. The minimum Gasteiger partial charge on any atom is -0.489 e. The zero-order valence-corrected chi connectivity index (χ0v) is 14.6. The molecule has 3 aromatic rings. The van der Waals surface area contributed by atoms with Crippen molar-refractivity contribution < 1.29 is 4.74 Å². The highest BCUT2D eigenvalue weighted by Gasteiger charge is 2.18. The fourth-order valence-corrected chi connectivity index (χ4v) is 2.81. The summed E-state index contributed by atoms with van der Waals surface area (Å²) in [7, 11) is 0. The van der Waals surface area contributed by atoms with Gasteiger partial charge in [-0.3, -0.25) is 4.79 Å². The van der Waals surface area contributed by atoms with Crippen LogP contribution in [0.2, 0.25) is 0 Å². The largest absolute Gasteiger partial charge is 0.489 e. The average Bonchev–Trinajstić information content (AvgIpc) is 2.67. The first-order valence-electron chi connectivity index (χ1n) is 8.19. The van der Waals surface area contributed by atoms with Gasteiger partial charge in [0.1, 0.15) is 41.4 Å². The van der Waals surface area contributed by atoms with Crippen molar-refractivity contribution in [2.45, 2.75) is 13.5 Å². The van der Waals surface area contributed by atoms with E-state index in [1.165, 1.54) is 0 Å². The molecule has 0 spiro atoms. The smallest absolute Gasteiger partial charge is 0.268 e. The number of anilines is 1. The van der Waals surface area contributed by atoms with Gasteiger partial charge >= 0.3 is 0 Å². The van der Waals surface area contributed by atoms with Gasteiger partial charge in [0.15, 0.2) is 0 Å².